The van der Waals surface area contributed by atoms with Crippen LogP contribution in [0, 0.1) is 5.92 Å². The van der Waals surface area contributed by atoms with Gasteiger partial charge in [-0.25, -0.2) is 0 Å². The van der Waals surface area contributed by atoms with Gasteiger partial charge in [0.25, 0.3) is 0 Å². The van der Waals surface area contributed by atoms with E-state index in [4.69, 9.17) is 5.73 Å². The molecule has 0 saturated heterocycles. The number of hydrogen-bond acceptors (Lipinski definition) is 1. The molecule has 1 aliphatic carbocycles. The van der Waals surface area contributed by atoms with E-state index in [1.54, 1.807) is 0 Å². The van der Waals surface area contributed by atoms with Crippen LogP contribution in [-0.4, -0.2) is 6.54 Å². The zero-order chi connectivity index (χ0) is 8.39. The lowest BCUT2D eigenvalue weighted by Gasteiger charge is -2.36. The van der Waals surface area contributed by atoms with Crippen molar-refractivity contribution in [3.8, 4) is 0 Å². The monoisotopic (exact) mass is 197 g/mol. The second kappa shape index (κ2) is 4.64. The average molecular weight is 198 g/mol. The van der Waals surface area contributed by atoms with Gasteiger partial charge in [0.2, 0.25) is 0 Å². The van der Waals surface area contributed by atoms with E-state index in [0.29, 0.717) is 0 Å². The molecule has 0 bridgehead atoms. The number of rotatable bonds is 2. The number of halogens is 1. The van der Waals surface area contributed by atoms with Crippen LogP contribution in [0.1, 0.15) is 24.3 Å². The van der Waals surface area contributed by atoms with Crippen molar-refractivity contribution in [3.05, 3.63) is 35.9 Å². The first kappa shape index (κ1) is 10.6. The van der Waals surface area contributed by atoms with Gasteiger partial charge in [-0.1, -0.05) is 30.3 Å². The van der Waals surface area contributed by atoms with E-state index < -0.39 is 0 Å². The molecule has 1 nitrogen and oxygen atoms in total. The van der Waals surface area contributed by atoms with Crippen molar-refractivity contribution in [2.24, 2.45) is 11.7 Å². The molecule has 0 aliphatic heterocycles. The summed E-state index contributed by atoms with van der Waals surface area (Å²) in [5.74, 6) is 1.49. The maximum absolute atomic E-state index is 5.66. The van der Waals surface area contributed by atoms with Crippen LogP contribution in [0.25, 0.3) is 0 Å². The SMILES string of the molecule is Cl.NC[C@@H]1CC[C@H]1c1ccccc1. The van der Waals surface area contributed by atoms with Gasteiger partial charge in [-0.2, -0.15) is 0 Å². The Balaban J connectivity index is 0.000000845. The molecule has 0 amide bonds. The molecule has 1 aromatic carbocycles. The molecule has 2 heteroatoms. The molecule has 72 valence electrons. The van der Waals surface area contributed by atoms with Crippen molar-refractivity contribution in [2.75, 3.05) is 6.54 Å². The Hall–Kier alpha value is -0.530. The third kappa shape index (κ3) is 2.04. The fourth-order valence-corrected chi connectivity index (χ4v) is 1.99. The molecule has 1 aliphatic rings. The first-order valence-electron chi connectivity index (χ1n) is 4.67. The summed E-state index contributed by atoms with van der Waals surface area (Å²) in [7, 11) is 0. The predicted octanol–water partition coefficient (Wildman–Crippen LogP) is 2.56. The van der Waals surface area contributed by atoms with E-state index in [-0.39, 0.29) is 12.4 Å². The van der Waals surface area contributed by atoms with E-state index in [9.17, 15) is 0 Å². The molecular weight excluding hydrogens is 182 g/mol. The van der Waals surface area contributed by atoms with Crippen molar-refractivity contribution >= 4 is 12.4 Å². The molecule has 0 aromatic heterocycles. The van der Waals surface area contributed by atoms with Crippen LogP contribution in [0.4, 0.5) is 0 Å². The molecule has 2 N–H and O–H groups in total. The van der Waals surface area contributed by atoms with Crippen molar-refractivity contribution in [2.45, 2.75) is 18.8 Å². The topological polar surface area (TPSA) is 26.0 Å². The number of nitrogens with two attached hydrogens (primary N) is 1. The minimum absolute atomic E-state index is 0. The molecule has 0 unspecified atom stereocenters. The predicted molar refractivity (Wildman–Crippen MR) is 58.2 cm³/mol. The third-order valence-corrected chi connectivity index (χ3v) is 2.95. The molecule has 0 radical (unpaired) electrons. The Bertz CT molecular complexity index is 246. The summed E-state index contributed by atoms with van der Waals surface area (Å²) in [6, 6.07) is 10.7. The van der Waals surface area contributed by atoms with Gasteiger partial charge < -0.3 is 5.73 Å². The van der Waals surface area contributed by atoms with Crippen LogP contribution in [0.3, 0.4) is 0 Å². The Morgan fingerprint density at radius 2 is 1.85 bits per heavy atom. The zero-order valence-corrected chi connectivity index (χ0v) is 8.46. The largest absolute Gasteiger partial charge is 0.330 e. The molecule has 0 spiro atoms. The summed E-state index contributed by atoms with van der Waals surface area (Å²) in [4.78, 5) is 0. The molecule has 2 rings (SSSR count). The first-order valence-corrected chi connectivity index (χ1v) is 4.67. The van der Waals surface area contributed by atoms with E-state index in [2.05, 4.69) is 30.3 Å². The van der Waals surface area contributed by atoms with Crippen LogP contribution in [0.5, 0.6) is 0 Å². The maximum atomic E-state index is 5.66. The third-order valence-electron chi connectivity index (χ3n) is 2.95. The molecule has 1 fully saturated rings. The van der Waals surface area contributed by atoms with Crippen LogP contribution in [-0.2, 0) is 0 Å². The van der Waals surface area contributed by atoms with Gasteiger partial charge in [-0.05, 0) is 36.8 Å². The van der Waals surface area contributed by atoms with Crippen LogP contribution in [0.2, 0.25) is 0 Å². The van der Waals surface area contributed by atoms with Gasteiger partial charge in [0, 0.05) is 0 Å². The van der Waals surface area contributed by atoms with Crippen molar-refractivity contribution in [1.82, 2.24) is 0 Å². The van der Waals surface area contributed by atoms with Gasteiger partial charge >= 0.3 is 0 Å². The van der Waals surface area contributed by atoms with Crippen LogP contribution >= 0.6 is 12.4 Å². The molecule has 13 heavy (non-hydrogen) atoms. The smallest absolute Gasteiger partial charge is 0.00430 e. The van der Waals surface area contributed by atoms with Crippen molar-refractivity contribution < 1.29 is 0 Å². The fraction of sp³-hybridized carbons (Fsp3) is 0.455. The lowest BCUT2D eigenvalue weighted by molar-refractivity contribution is 0.263. The standard InChI is InChI=1S/C11H15N.ClH/c12-8-10-6-7-11(10)9-4-2-1-3-5-9;/h1-5,10-11H,6-8,12H2;1H/t10-,11-;/m0./s1. The second-order valence-corrected chi connectivity index (χ2v) is 3.59. The highest BCUT2D eigenvalue weighted by molar-refractivity contribution is 5.85. The highest BCUT2D eigenvalue weighted by Crippen LogP contribution is 2.41. The van der Waals surface area contributed by atoms with Crippen molar-refractivity contribution in [3.63, 3.8) is 0 Å². The minimum atomic E-state index is 0. The summed E-state index contributed by atoms with van der Waals surface area (Å²) >= 11 is 0. The van der Waals surface area contributed by atoms with E-state index >= 15 is 0 Å². The summed E-state index contributed by atoms with van der Waals surface area (Å²) in [5, 5.41) is 0. The van der Waals surface area contributed by atoms with Gasteiger partial charge in [0.15, 0.2) is 0 Å². The molecule has 1 aromatic rings. The highest BCUT2D eigenvalue weighted by Gasteiger charge is 2.30. The van der Waals surface area contributed by atoms with Crippen LogP contribution < -0.4 is 5.73 Å². The Morgan fingerprint density at radius 1 is 1.15 bits per heavy atom. The van der Waals surface area contributed by atoms with E-state index in [0.717, 1.165) is 18.4 Å². The Labute approximate surface area is 85.7 Å². The average Bonchev–Trinajstić information content (AvgIpc) is 2.05. The summed E-state index contributed by atoms with van der Waals surface area (Å²) in [6.45, 7) is 0.847. The van der Waals surface area contributed by atoms with Gasteiger partial charge in [0.05, 0.1) is 0 Å². The van der Waals surface area contributed by atoms with E-state index in [1.165, 1.54) is 18.4 Å². The molecule has 0 heterocycles. The lowest BCUT2D eigenvalue weighted by atomic mass is 9.70. The molecule has 2 atom stereocenters. The maximum Gasteiger partial charge on any atom is -0.00430 e. The fourth-order valence-electron chi connectivity index (χ4n) is 1.99. The van der Waals surface area contributed by atoms with Crippen LogP contribution in [0.15, 0.2) is 30.3 Å². The Morgan fingerprint density at radius 3 is 2.31 bits per heavy atom. The normalized spacial score (nSPS) is 25.9. The quantitative estimate of drug-likeness (QED) is 0.775. The Kier molecular flexibility index (Phi) is 3.76. The number of hydrogen-bond donors (Lipinski definition) is 1. The van der Waals surface area contributed by atoms with E-state index in [1.807, 2.05) is 0 Å². The first-order chi connectivity index (χ1) is 5.92. The number of benzene rings is 1. The second-order valence-electron chi connectivity index (χ2n) is 3.59. The highest BCUT2D eigenvalue weighted by atomic mass is 35.5. The lowest BCUT2D eigenvalue weighted by Crippen LogP contribution is -2.30. The van der Waals surface area contributed by atoms with Gasteiger partial charge in [-0.3, -0.25) is 0 Å². The minimum Gasteiger partial charge on any atom is -0.330 e. The summed E-state index contributed by atoms with van der Waals surface area (Å²) < 4.78 is 0. The summed E-state index contributed by atoms with van der Waals surface area (Å²) in [6.07, 6.45) is 2.64. The molecule has 1 saturated carbocycles. The zero-order valence-electron chi connectivity index (χ0n) is 7.65. The van der Waals surface area contributed by atoms with Gasteiger partial charge in [0.1, 0.15) is 0 Å². The summed E-state index contributed by atoms with van der Waals surface area (Å²) in [5.41, 5.74) is 7.13. The van der Waals surface area contributed by atoms with Gasteiger partial charge in [-0.15, -0.1) is 12.4 Å². The van der Waals surface area contributed by atoms with Crippen molar-refractivity contribution in [1.29, 1.82) is 0 Å². The molecular formula is C11H16ClN.